The molecule has 0 amide bonds. The van der Waals surface area contributed by atoms with Crippen molar-refractivity contribution in [2.24, 2.45) is 0 Å². The number of nitrogens with zero attached hydrogens (tertiary/aromatic N) is 1. The first-order valence-corrected chi connectivity index (χ1v) is 7.81. The second kappa shape index (κ2) is 11.8. The van der Waals surface area contributed by atoms with Crippen LogP contribution in [0.25, 0.3) is 5.57 Å². The summed E-state index contributed by atoms with van der Waals surface area (Å²) in [4.78, 5) is 2.06. The molecule has 0 atom stereocenters. The van der Waals surface area contributed by atoms with E-state index < -0.39 is 0 Å². The van der Waals surface area contributed by atoms with E-state index in [0.29, 0.717) is 0 Å². The highest BCUT2D eigenvalue weighted by molar-refractivity contribution is 5.63. The molecule has 0 bridgehead atoms. The summed E-state index contributed by atoms with van der Waals surface area (Å²) in [5.74, 6) is 0. The fraction of sp³-hybridized carbons (Fsp3) is 0.300. The minimum Gasteiger partial charge on any atom is -0.325 e. The third-order valence-electron chi connectivity index (χ3n) is 2.74. The van der Waals surface area contributed by atoms with E-state index >= 15 is 0 Å². The van der Waals surface area contributed by atoms with Crippen molar-refractivity contribution in [2.75, 3.05) is 0 Å². The van der Waals surface area contributed by atoms with Crippen molar-refractivity contribution in [2.45, 2.75) is 41.0 Å². The van der Waals surface area contributed by atoms with Crippen LogP contribution in [-0.2, 0) is 0 Å². The van der Waals surface area contributed by atoms with E-state index in [1.807, 2.05) is 33.8 Å². The second-order valence-corrected chi connectivity index (χ2v) is 4.10. The zero-order chi connectivity index (χ0) is 16.1. The molecule has 0 unspecified atom stereocenters. The van der Waals surface area contributed by atoms with E-state index in [9.17, 15) is 0 Å². The van der Waals surface area contributed by atoms with Crippen molar-refractivity contribution in [1.29, 1.82) is 0 Å². The minimum absolute atomic E-state index is 0.966. The first-order chi connectivity index (χ1) is 10.3. The van der Waals surface area contributed by atoms with Crippen molar-refractivity contribution in [3.8, 4) is 0 Å². The molecule has 1 heteroatoms. The fourth-order valence-corrected chi connectivity index (χ4v) is 1.75. The normalized spacial score (nSPS) is 13.7. The summed E-state index contributed by atoms with van der Waals surface area (Å²) in [5.41, 5.74) is 3.46. The molecule has 1 aromatic carbocycles. The van der Waals surface area contributed by atoms with Crippen LogP contribution in [0.5, 0.6) is 0 Å². The van der Waals surface area contributed by atoms with Gasteiger partial charge in [0.05, 0.1) is 0 Å². The Bertz CT molecular complexity index is 478. The van der Waals surface area contributed by atoms with Crippen LogP contribution in [0.4, 0.5) is 0 Å². The van der Waals surface area contributed by atoms with Gasteiger partial charge in [0, 0.05) is 18.1 Å². The van der Waals surface area contributed by atoms with Crippen LogP contribution >= 0.6 is 0 Å². The summed E-state index contributed by atoms with van der Waals surface area (Å²) in [6.07, 6.45) is 11.4. The van der Waals surface area contributed by atoms with Gasteiger partial charge in [-0.1, -0.05) is 76.8 Å². The molecule has 0 fully saturated rings. The number of hydrogen-bond donors (Lipinski definition) is 0. The Kier molecular flexibility index (Phi) is 10.6. The largest absolute Gasteiger partial charge is 0.325 e. The van der Waals surface area contributed by atoms with Gasteiger partial charge in [-0.15, -0.1) is 0 Å². The van der Waals surface area contributed by atoms with Gasteiger partial charge in [0.15, 0.2) is 0 Å². The average molecular weight is 283 g/mol. The van der Waals surface area contributed by atoms with Gasteiger partial charge in [-0.3, -0.25) is 0 Å². The maximum atomic E-state index is 4.05. The topological polar surface area (TPSA) is 3.24 Å². The highest BCUT2D eigenvalue weighted by Crippen LogP contribution is 2.18. The fourth-order valence-electron chi connectivity index (χ4n) is 1.75. The Labute approximate surface area is 131 Å². The van der Waals surface area contributed by atoms with Gasteiger partial charge in [-0.25, -0.2) is 0 Å². The van der Waals surface area contributed by atoms with Gasteiger partial charge in [-0.05, 0) is 30.6 Å². The highest BCUT2D eigenvalue weighted by Gasteiger charge is 2.02. The molecule has 1 aliphatic heterocycles. The molecule has 0 N–H and O–H groups in total. The third-order valence-corrected chi connectivity index (χ3v) is 2.74. The number of benzene rings is 1. The first kappa shape index (κ1) is 19.0. The van der Waals surface area contributed by atoms with Crippen LogP contribution in [0.3, 0.4) is 0 Å². The van der Waals surface area contributed by atoms with E-state index in [0.717, 1.165) is 12.1 Å². The summed E-state index contributed by atoms with van der Waals surface area (Å²) in [6.45, 7) is 14.2. The van der Waals surface area contributed by atoms with Crippen molar-refractivity contribution in [1.82, 2.24) is 4.90 Å². The Morgan fingerprint density at radius 3 is 2.29 bits per heavy atom. The molecule has 114 valence electrons. The van der Waals surface area contributed by atoms with Crippen LogP contribution in [-0.4, -0.2) is 4.90 Å². The SMILES string of the molecule is C=C1C=CCC=CN1/C=C(\C)c1ccccc1.CC.CC. The summed E-state index contributed by atoms with van der Waals surface area (Å²) in [6, 6.07) is 10.4. The molecular formula is C20H29N. The summed E-state index contributed by atoms with van der Waals surface area (Å²) in [5, 5.41) is 0. The lowest BCUT2D eigenvalue weighted by Gasteiger charge is -2.16. The molecule has 0 spiro atoms. The van der Waals surface area contributed by atoms with Crippen LogP contribution in [0.15, 0.2) is 73.2 Å². The standard InChI is InChI=1S/C16H17N.2C2H6/c1-14(16-10-6-3-7-11-16)13-17-12-8-4-5-9-15(17)2;2*1-2/h3,5-13H,2,4H2,1H3;2*1-2H3/b14-13+;;. The molecule has 21 heavy (non-hydrogen) atoms. The molecule has 2 rings (SSSR count). The summed E-state index contributed by atoms with van der Waals surface area (Å²) in [7, 11) is 0. The zero-order valence-electron chi connectivity index (χ0n) is 14.1. The average Bonchev–Trinajstić information content (AvgIpc) is 2.77. The Morgan fingerprint density at radius 1 is 1.05 bits per heavy atom. The third kappa shape index (κ3) is 6.80. The second-order valence-electron chi connectivity index (χ2n) is 4.10. The van der Waals surface area contributed by atoms with Crippen LogP contribution in [0.2, 0.25) is 0 Å². The van der Waals surface area contributed by atoms with E-state index in [2.05, 4.69) is 73.3 Å². The lowest BCUT2D eigenvalue weighted by molar-refractivity contribution is 0.657. The number of rotatable bonds is 2. The molecule has 1 aromatic rings. The lowest BCUT2D eigenvalue weighted by Crippen LogP contribution is -2.06. The molecule has 1 aliphatic rings. The Morgan fingerprint density at radius 2 is 1.67 bits per heavy atom. The summed E-state index contributed by atoms with van der Waals surface area (Å²) >= 11 is 0. The first-order valence-electron chi connectivity index (χ1n) is 7.81. The highest BCUT2D eigenvalue weighted by atomic mass is 15.1. The number of hydrogen-bond acceptors (Lipinski definition) is 1. The van der Waals surface area contributed by atoms with E-state index in [1.54, 1.807) is 0 Å². The van der Waals surface area contributed by atoms with Crippen molar-refractivity contribution in [3.05, 3.63) is 78.8 Å². The molecule has 1 heterocycles. The predicted octanol–water partition coefficient (Wildman–Crippen LogP) is 6.39. The maximum Gasteiger partial charge on any atom is 0.0374 e. The van der Waals surface area contributed by atoms with E-state index in [-0.39, 0.29) is 0 Å². The minimum atomic E-state index is 0.966. The Balaban J connectivity index is 0.000000921. The maximum absolute atomic E-state index is 4.05. The van der Waals surface area contributed by atoms with E-state index in [1.165, 1.54) is 11.1 Å². The smallest absolute Gasteiger partial charge is 0.0374 e. The van der Waals surface area contributed by atoms with Crippen LogP contribution in [0.1, 0.15) is 46.6 Å². The van der Waals surface area contributed by atoms with Gasteiger partial charge in [0.2, 0.25) is 0 Å². The van der Waals surface area contributed by atoms with Crippen LogP contribution < -0.4 is 0 Å². The predicted molar refractivity (Wildman–Crippen MR) is 96.7 cm³/mol. The van der Waals surface area contributed by atoms with Crippen molar-refractivity contribution < 1.29 is 0 Å². The van der Waals surface area contributed by atoms with Gasteiger partial charge >= 0.3 is 0 Å². The number of allylic oxidation sites excluding steroid dienone is 4. The van der Waals surface area contributed by atoms with E-state index in [4.69, 9.17) is 0 Å². The molecule has 0 aliphatic carbocycles. The van der Waals surface area contributed by atoms with Gasteiger partial charge < -0.3 is 4.90 Å². The molecule has 0 saturated carbocycles. The monoisotopic (exact) mass is 283 g/mol. The molecule has 0 saturated heterocycles. The van der Waals surface area contributed by atoms with Gasteiger partial charge in [0.1, 0.15) is 0 Å². The molecular weight excluding hydrogens is 254 g/mol. The van der Waals surface area contributed by atoms with Crippen molar-refractivity contribution >= 4 is 5.57 Å². The lowest BCUT2D eigenvalue weighted by atomic mass is 10.1. The van der Waals surface area contributed by atoms with Crippen molar-refractivity contribution in [3.63, 3.8) is 0 Å². The summed E-state index contributed by atoms with van der Waals surface area (Å²) < 4.78 is 0. The quantitative estimate of drug-likeness (QED) is 0.608. The van der Waals surface area contributed by atoms with Crippen LogP contribution in [0, 0.1) is 0 Å². The molecule has 0 aromatic heterocycles. The zero-order valence-corrected chi connectivity index (χ0v) is 14.1. The molecule has 0 radical (unpaired) electrons. The van der Waals surface area contributed by atoms with Gasteiger partial charge in [-0.2, -0.15) is 0 Å². The Hall–Kier alpha value is -2.02. The molecule has 1 nitrogen and oxygen atoms in total. The van der Waals surface area contributed by atoms with Gasteiger partial charge in [0.25, 0.3) is 0 Å².